The first-order valence-electron chi connectivity index (χ1n) is 11.9. The Balaban J connectivity index is 2.79. The van der Waals surface area contributed by atoms with Gasteiger partial charge in [-0.15, -0.1) is 0 Å². The van der Waals surface area contributed by atoms with E-state index < -0.39 is 6.10 Å². The second kappa shape index (κ2) is 14.5. The van der Waals surface area contributed by atoms with Crippen molar-refractivity contribution in [2.45, 2.75) is 92.8 Å². The highest BCUT2D eigenvalue weighted by molar-refractivity contribution is 5.66. The van der Waals surface area contributed by atoms with Crippen LogP contribution in [0, 0.1) is 6.92 Å². The average Bonchev–Trinajstić information content (AvgIpc) is 2.72. The molecule has 0 bridgehead atoms. The Morgan fingerprint density at radius 2 is 1.68 bits per heavy atom. The van der Waals surface area contributed by atoms with Crippen LogP contribution in [0.5, 0.6) is 11.5 Å². The number of aliphatic hydroxyl groups excluding tert-OH is 1. The summed E-state index contributed by atoms with van der Waals surface area (Å²) in [7, 11) is 0. The number of aliphatic hydroxyl groups is 1. The summed E-state index contributed by atoms with van der Waals surface area (Å²) in [6.45, 7) is 13.1. The number of aryl methyl sites for hydroxylation is 1. The van der Waals surface area contributed by atoms with Crippen molar-refractivity contribution in [3.8, 4) is 11.5 Å². The number of phenols is 2. The minimum Gasteiger partial charge on any atom is -0.508 e. The van der Waals surface area contributed by atoms with Crippen LogP contribution in [-0.2, 0) is 16.0 Å². The molecule has 0 aliphatic rings. The van der Waals surface area contributed by atoms with Crippen LogP contribution in [0.15, 0.2) is 58.7 Å². The third kappa shape index (κ3) is 11.4. The molecule has 0 saturated heterocycles. The van der Waals surface area contributed by atoms with Gasteiger partial charge in [0.1, 0.15) is 17.6 Å². The molecule has 0 fully saturated rings. The number of hydrogen-bond donors (Lipinski definition) is 3. The zero-order valence-electron chi connectivity index (χ0n) is 21.8. The molecule has 34 heavy (non-hydrogen) atoms. The molecule has 0 saturated carbocycles. The van der Waals surface area contributed by atoms with Crippen molar-refractivity contribution < 1.29 is 24.9 Å². The van der Waals surface area contributed by atoms with Gasteiger partial charge in [0.15, 0.2) is 0 Å². The summed E-state index contributed by atoms with van der Waals surface area (Å²) in [6.07, 6.45) is 10.5. The summed E-state index contributed by atoms with van der Waals surface area (Å²) in [5.74, 6) is -0.0221. The molecule has 1 aromatic rings. The molecule has 2 atom stereocenters. The maximum absolute atomic E-state index is 11.6. The van der Waals surface area contributed by atoms with Crippen molar-refractivity contribution in [2.24, 2.45) is 0 Å². The molecule has 0 spiro atoms. The van der Waals surface area contributed by atoms with E-state index in [2.05, 4.69) is 6.08 Å². The average molecular weight is 471 g/mol. The van der Waals surface area contributed by atoms with Crippen LogP contribution in [-0.4, -0.2) is 33.5 Å². The third-order valence-corrected chi connectivity index (χ3v) is 5.63. The normalized spacial score (nSPS) is 14.5. The Bertz CT molecular complexity index is 946. The predicted molar refractivity (Wildman–Crippen MR) is 139 cm³/mol. The lowest BCUT2D eigenvalue weighted by molar-refractivity contribution is -0.144. The molecule has 0 aliphatic heterocycles. The monoisotopic (exact) mass is 470 g/mol. The number of carbonyl (C=O) groups is 1. The third-order valence-electron chi connectivity index (χ3n) is 5.63. The molecule has 0 unspecified atom stereocenters. The van der Waals surface area contributed by atoms with E-state index in [-0.39, 0.29) is 23.6 Å². The number of benzene rings is 1. The highest BCUT2D eigenvalue weighted by Gasteiger charge is 2.12. The van der Waals surface area contributed by atoms with Gasteiger partial charge in [0, 0.05) is 18.9 Å². The van der Waals surface area contributed by atoms with E-state index in [0.29, 0.717) is 30.4 Å². The van der Waals surface area contributed by atoms with E-state index in [1.165, 1.54) is 18.6 Å². The van der Waals surface area contributed by atoms with E-state index >= 15 is 0 Å². The van der Waals surface area contributed by atoms with Crippen molar-refractivity contribution in [2.75, 3.05) is 0 Å². The lowest BCUT2D eigenvalue weighted by Gasteiger charge is -2.16. The molecule has 0 radical (unpaired) electrons. The highest BCUT2D eigenvalue weighted by atomic mass is 16.5. The first-order chi connectivity index (χ1) is 15.9. The van der Waals surface area contributed by atoms with Crippen LogP contribution in [0.3, 0.4) is 0 Å². The summed E-state index contributed by atoms with van der Waals surface area (Å²) in [4.78, 5) is 11.6. The lowest BCUT2D eigenvalue weighted by atomic mass is 10.0. The fraction of sp³-hybridized carbons (Fsp3) is 0.483. The van der Waals surface area contributed by atoms with Crippen molar-refractivity contribution >= 4 is 5.97 Å². The Labute approximate surface area is 205 Å². The van der Waals surface area contributed by atoms with Gasteiger partial charge < -0.3 is 20.1 Å². The minimum absolute atomic E-state index is 0.126. The summed E-state index contributed by atoms with van der Waals surface area (Å²) in [5, 5.41) is 30.3. The predicted octanol–water partition coefficient (Wildman–Crippen LogP) is 6.61. The molecule has 3 N–H and O–H groups in total. The molecular weight excluding hydrogens is 428 g/mol. The number of esters is 1. The second-order valence-corrected chi connectivity index (χ2v) is 9.41. The smallest absolute Gasteiger partial charge is 0.303 e. The van der Waals surface area contributed by atoms with Gasteiger partial charge in [-0.1, -0.05) is 34.9 Å². The van der Waals surface area contributed by atoms with Crippen molar-refractivity contribution in [3.63, 3.8) is 0 Å². The Morgan fingerprint density at radius 1 is 1.00 bits per heavy atom. The zero-order valence-corrected chi connectivity index (χ0v) is 21.8. The molecule has 0 aliphatic carbocycles. The van der Waals surface area contributed by atoms with Crippen LogP contribution in [0.25, 0.3) is 0 Å². The van der Waals surface area contributed by atoms with Crippen molar-refractivity contribution in [3.05, 3.63) is 69.9 Å². The van der Waals surface area contributed by atoms with Gasteiger partial charge in [0.25, 0.3) is 0 Å². The fourth-order valence-electron chi connectivity index (χ4n) is 3.62. The number of hydrogen-bond acceptors (Lipinski definition) is 5. The summed E-state index contributed by atoms with van der Waals surface area (Å²) < 4.78 is 5.52. The maximum atomic E-state index is 11.6. The molecule has 188 valence electrons. The van der Waals surface area contributed by atoms with Crippen LogP contribution < -0.4 is 0 Å². The van der Waals surface area contributed by atoms with E-state index in [0.717, 1.165) is 29.6 Å². The van der Waals surface area contributed by atoms with Crippen LogP contribution >= 0.6 is 0 Å². The van der Waals surface area contributed by atoms with Crippen molar-refractivity contribution in [1.82, 2.24) is 0 Å². The molecule has 0 aromatic heterocycles. The quantitative estimate of drug-likeness (QED) is 0.182. The number of carbonyl (C=O) groups excluding carboxylic acids is 1. The SMILES string of the molecule is CC(=O)O[C@H](/C=C(\C)CC/C=C(\C)[C@H](O)CC=C(C)C)C/C(C)=C/Cc1cc(O)cc(C)c1O. The van der Waals surface area contributed by atoms with Crippen LogP contribution in [0.1, 0.15) is 78.4 Å². The standard InChI is InChI=1S/C29H42O5/c1-19(2)11-14-28(32)22(5)10-8-9-20(3)15-27(34-24(7)30)16-21(4)12-13-25-18-26(31)17-23(6)29(25)33/h10-12,15,17-18,27-28,31-33H,8-9,13-14,16H2,1-7H3/b20-15+,21-12+,22-10+/t27-,28-/m1/s1. The van der Waals surface area contributed by atoms with Gasteiger partial charge in [-0.25, -0.2) is 0 Å². The van der Waals surface area contributed by atoms with Crippen LogP contribution in [0.2, 0.25) is 0 Å². The van der Waals surface area contributed by atoms with Gasteiger partial charge in [-0.2, -0.15) is 0 Å². The Hall–Kier alpha value is -2.79. The van der Waals surface area contributed by atoms with E-state index in [1.807, 2.05) is 52.8 Å². The summed E-state index contributed by atoms with van der Waals surface area (Å²) in [5.41, 5.74) is 5.58. The lowest BCUT2D eigenvalue weighted by Crippen LogP contribution is -2.15. The number of rotatable bonds is 12. The first-order valence-corrected chi connectivity index (χ1v) is 11.9. The Morgan fingerprint density at radius 3 is 2.29 bits per heavy atom. The summed E-state index contributed by atoms with van der Waals surface area (Å²) >= 11 is 0. The van der Waals surface area contributed by atoms with Gasteiger partial charge >= 0.3 is 5.97 Å². The van der Waals surface area contributed by atoms with Gasteiger partial charge in [0.05, 0.1) is 6.10 Å². The molecule has 0 amide bonds. The van der Waals surface area contributed by atoms with Gasteiger partial charge in [0.2, 0.25) is 0 Å². The number of phenolic OH excluding ortho intramolecular Hbond substituents is 2. The van der Waals surface area contributed by atoms with Crippen LogP contribution in [0.4, 0.5) is 0 Å². The Kier molecular flexibility index (Phi) is 12.4. The van der Waals surface area contributed by atoms with E-state index in [1.54, 1.807) is 13.0 Å². The van der Waals surface area contributed by atoms with Gasteiger partial charge in [-0.3, -0.25) is 4.79 Å². The summed E-state index contributed by atoms with van der Waals surface area (Å²) in [6, 6.07) is 3.09. The molecule has 0 heterocycles. The number of aromatic hydroxyl groups is 2. The fourth-order valence-corrected chi connectivity index (χ4v) is 3.62. The first kappa shape index (κ1) is 29.2. The number of ether oxygens (including phenoxy) is 1. The molecule has 5 heteroatoms. The highest BCUT2D eigenvalue weighted by Crippen LogP contribution is 2.28. The van der Waals surface area contributed by atoms with Gasteiger partial charge in [-0.05, 0) is 96.6 Å². The van der Waals surface area contributed by atoms with E-state index in [4.69, 9.17) is 4.74 Å². The minimum atomic E-state index is -0.462. The molecular formula is C29H42O5. The topological polar surface area (TPSA) is 87.0 Å². The molecule has 1 aromatic carbocycles. The largest absolute Gasteiger partial charge is 0.508 e. The molecule has 5 nitrogen and oxygen atoms in total. The zero-order chi connectivity index (χ0) is 25.8. The second-order valence-electron chi connectivity index (χ2n) is 9.41. The number of allylic oxidation sites excluding steroid dienone is 4. The molecule has 1 rings (SSSR count). The van der Waals surface area contributed by atoms with Crippen molar-refractivity contribution in [1.29, 1.82) is 0 Å². The van der Waals surface area contributed by atoms with E-state index in [9.17, 15) is 20.1 Å². The maximum Gasteiger partial charge on any atom is 0.303 e.